The van der Waals surface area contributed by atoms with Crippen molar-refractivity contribution in [1.29, 1.82) is 0 Å². The fourth-order valence-corrected chi connectivity index (χ4v) is 3.73. The molecule has 1 aliphatic rings. The molecular formula is C12H13NOS3. The van der Waals surface area contributed by atoms with Gasteiger partial charge < -0.3 is 0 Å². The Morgan fingerprint density at radius 2 is 2.35 bits per heavy atom. The zero-order chi connectivity index (χ0) is 12.4. The first-order chi connectivity index (χ1) is 8.13. The van der Waals surface area contributed by atoms with Gasteiger partial charge in [0.2, 0.25) is 0 Å². The van der Waals surface area contributed by atoms with Gasteiger partial charge in [-0.1, -0.05) is 37.0 Å². The van der Waals surface area contributed by atoms with Crippen LogP contribution in [0.4, 0.5) is 0 Å². The van der Waals surface area contributed by atoms with Gasteiger partial charge in [-0.05, 0) is 30.9 Å². The molecule has 1 fully saturated rings. The molecule has 1 aromatic rings. The fourth-order valence-electron chi connectivity index (χ4n) is 1.55. The van der Waals surface area contributed by atoms with Crippen molar-refractivity contribution in [1.82, 2.24) is 4.90 Å². The van der Waals surface area contributed by atoms with Crippen molar-refractivity contribution in [3.8, 4) is 0 Å². The molecule has 0 spiro atoms. The van der Waals surface area contributed by atoms with Crippen molar-refractivity contribution in [3.05, 3.63) is 27.3 Å². The Labute approximate surface area is 115 Å². The Morgan fingerprint density at radius 1 is 1.59 bits per heavy atom. The molecule has 1 amide bonds. The van der Waals surface area contributed by atoms with Crippen LogP contribution in [-0.4, -0.2) is 21.2 Å². The fraction of sp³-hybridized carbons (Fsp3) is 0.333. The molecule has 0 saturated carbocycles. The summed E-state index contributed by atoms with van der Waals surface area (Å²) in [6.07, 6.45) is 2.84. The van der Waals surface area contributed by atoms with E-state index in [-0.39, 0.29) is 11.9 Å². The monoisotopic (exact) mass is 283 g/mol. The highest BCUT2D eigenvalue weighted by atomic mass is 32.2. The van der Waals surface area contributed by atoms with Gasteiger partial charge in [-0.15, -0.1) is 11.3 Å². The summed E-state index contributed by atoms with van der Waals surface area (Å²) >= 11 is 8.29. The van der Waals surface area contributed by atoms with Gasteiger partial charge in [-0.3, -0.25) is 9.69 Å². The van der Waals surface area contributed by atoms with Gasteiger partial charge in [-0.25, -0.2) is 0 Å². The first-order valence-corrected chi connectivity index (χ1v) is 7.54. The molecule has 1 aliphatic heterocycles. The molecule has 17 heavy (non-hydrogen) atoms. The molecule has 0 aromatic carbocycles. The van der Waals surface area contributed by atoms with E-state index in [0.29, 0.717) is 4.32 Å². The average molecular weight is 283 g/mol. The second kappa shape index (κ2) is 5.33. The van der Waals surface area contributed by atoms with Gasteiger partial charge in [0.05, 0.1) is 4.91 Å². The van der Waals surface area contributed by atoms with Gasteiger partial charge in [-0.2, -0.15) is 0 Å². The van der Waals surface area contributed by atoms with Crippen molar-refractivity contribution in [2.45, 2.75) is 26.3 Å². The number of hydrogen-bond donors (Lipinski definition) is 0. The van der Waals surface area contributed by atoms with Crippen LogP contribution < -0.4 is 0 Å². The molecule has 1 aromatic heterocycles. The Hall–Kier alpha value is -0.650. The molecule has 0 aliphatic carbocycles. The standard InChI is InChI=1S/C12H13NOS3/c1-3-8(2)13-11(14)10(17-12(13)15)7-9-5-4-6-16-9/h4-8H,3H2,1-2H3/b10-7-. The van der Waals surface area contributed by atoms with Crippen LogP contribution in [0.2, 0.25) is 0 Å². The lowest BCUT2D eigenvalue weighted by molar-refractivity contribution is -0.123. The molecule has 90 valence electrons. The van der Waals surface area contributed by atoms with E-state index in [1.165, 1.54) is 11.8 Å². The maximum atomic E-state index is 12.2. The van der Waals surface area contributed by atoms with Crippen LogP contribution in [0.5, 0.6) is 0 Å². The Kier molecular flexibility index (Phi) is 4.01. The summed E-state index contributed by atoms with van der Waals surface area (Å²) < 4.78 is 0.673. The smallest absolute Gasteiger partial charge is 0.266 e. The molecule has 0 bridgehead atoms. The van der Waals surface area contributed by atoms with Crippen LogP contribution >= 0.6 is 35.3 Å². The van der Waals surface area contributed by atoms with E-state index in [4.69, 9.17) is 12.2 Å². The second-order valence-electron chi connectivity index (χ2n) is 3.82. The zero-order valence-electron chi connectivity index (χ0n) is 9.67. The highest BCUT2D eigenvalue weighted by molar-refractivity contribution is 8.26. The minimum Gasteiger partial charge on any atom is -0.290 e. The number of rotatable bonds is 3. The normalized spacial score (nSPS) is 20.4. The Balaban J connectivity index is 2.24. The summed E-state index contributed by atoms with van der Waals surface area (Å²) in [5.41, 5.74) is 0. The van der Waals surface area contributed by atoms with Gasteiger partial charge >= 0.3 is 0 Å². The number of carbonyl (C=O) groups excluding carboxylic acids is 1. The van der Waals surface area contributed by atoms with Crippen LogP contribution in [0, 0.1) is 0 Å². The largest absolute Gasteiger partial charge is 0.290 e. The van der Waals surface area contributed by atoms with Crippen LogP contribution in [0.1, 0.15) is 25.1 Å². The SMILES string of the molecule is CCC(C)N1C(=O)/C(=C/c2cccs2)SC1=S. The quantitative estimate of drug-likeness (QED) is 0.622. The van der Waals surface area contributed by atoms with Gasteiger partial charge in [0.1, 0.15) is 4.32 Å². The molecule has 2 nitrogen and oxygen atoms in total. The van der Waals surface area contributed by atoms with Crippen molar-refractivity contribution < 1.29 is 4.79 Å². The molecule has 1 atom stereocenters. The minimum atomic E-state index is 0.0442. The predicted molar refractivity (Wildman–Crippen MR) is 79.1 cm³/mol. The molecule has 1 unspecified atom stereocenters. The summed E-state index contributed by atoms with van der Waals surface area (Å²) in [6.45, 7) is 4.09. The molecule has 5 heteroatoms. The van der Waals surface area contributed by atoms with Crippen LogP contribution in [0.25, 0.3) is 6.08 Å². The van der Waals surface area contributed by atoms with Crippen molar-refractivity contribution in [2.75, 3.05) is 0 Å². The third kappa shape index (κ3) is 2.61. The lowest BCUT2D eigenvalue weighted by atomic mass is 10.2. The third-order valence-corrected chi connectivity index (χ3v) is 4.82. The lowest BCUT2D eigenvalue weighted by Gasteiger charge is -2.21. The number of thioether (sulfide) groups is 1. The number of amides is 1. The van der Waals surface area contributed by atoms with E-state index in [1.807, 2.05) is 30.5 Å². The van der Waals surface area contributed by atoms with E-state index in [0.717, 1.165) is 16.2 Å². The first-order valence-electron chi connectivity index (χ1n) is 5.44. The summed E-state index contributed by atoms with van der Waals surface area (Å²) in [6, 6.07) is 4.16. The summed E-state index contributed by atoms with van der Waals surface area (Å²) in [7, 11) is 0. The predicted octanol–water partition coefficient (Wildman–Crippen LogP) is 3.75. The number of hydrogen-bond acceptors (Lipinski definition) is 4. The zero-order valence-corrected chi connectivity index (χ0v) is 12.1. The average Bonchev–Trinajstić information content (AvgIpc) is 2.89. The molecule has 0 radical (unpaired) electrons. The maximum absolute atomic E-state index is 12.2. The first kappa shape index (κ1) is 12.8. The second-order valence-corrected chi connectivity index (χ2v) is 6.48. The van der Waals surface area contributed by atoms with Crippen molar-refractivity contribution in [2.24, 2.45) is 0 Å². The summed E-state index contributed by atoms with van der Waals surface area (Å²) in [5, 5.41) is 2.00. The van der Waals surface area contributed by atoms with Crippen LogP contribution in [-0.2, 0) is 4.79 Å². The number of carbonyl (C=O) groups is 1. The lowest BCUT2D eigenvalue weighted by Crippen LogP contribution is -2.36. The molecule has 2 rings (SSSR count). The highest BCUT2D eigenvalue weighted by Gasteiger charge is 2.34. The minimum absolute atomic E-state index is 0.0442. The third-order valence-electron chi connectivity index (χ3n) is 2.67. The van der Waals surface area contributed by atoms with Gasteiger partial charge in [0.25, 0.3) is 5.91 Å². The topological polar surface area (TPSA) is 20.3 Å². The molecule has 2 heterocycles. The number of nitrogens with zero attached hydrogens (tertiary/aromatic N) is 1. The van der Waals surface area contributed by atoms with Crippen LogP contribution in [0.3, 0.4) is 0 Å². The maximum Gasteiger partial charge on any atom is 0.266 e. The van der Waals surface area contributed by atoms with Crippen molar-refractivity contribution in [3.63, 3.8) is 0 Å². The summed E-state index contributed by atoms with van der Waals surface area (Å²) in [5.74, 6) is 0.0442. The Bertz CT molecular complexity index is 464. The van der Waals surface area contributed by atoms with Gasteiger partial charge in [0, 0.05) is 10.9 Å². The van der Waals surface area contributed by atoms with Crippen LogP contribution in [0.15, 0.2) is 22.4 Å². The van der Waals surface area contributed by atoms with E-state index in [2.05, 4.69) is 6.92 Å². The molecule has 1 saturated heterocycles. The Morgan fingerprint density at radius 3 is 2.94 bits per heavy atom. The van der Waals surface area contributed by atoms with E-state index in [9.17, 15) is 4.79 Å². The van der Waals surface area contributed by atoms with E-state index in [1.54, 1.807) is 16.2 Å². The van der Waals surface area contributed by atoms with E-state index >= 15 is 0 Å². The van der Waals surface area contributed by atoms with E-state index < -0.39 is 0 Å². The van der Waals surface area contributed by atoms with Crippen molar-refractivity contribution >= 4 is 51.6 Å². The molecule has 0 N–H and O–H groups in total. The molecular weight excluding hydrogens is 270 g/mol. The number of thiocarbonyl (C=S) groups is 1. The number of thiophene rings is 1. The highest BCUT2D eigenvalue weighted by Crippen LogP contribution is 2.34. The summed E-state index contributed by atoms with van der Waals surface area (Å²) in [4.78, 5) is 15.7. The van der Waals surface area contributed by atoms with Gasteiger partial charge in [0.15, 0.2) is 0 Å².